The van der Waals surface area contributed by atoms with Crippen molar-refractivity contribution in [3.8, 4) is 0 Å². The summed E-state index contributed by atoms with van der Waals surface area (Å²) in [5, 5.41) is 10.7. The first kappa shape index (κ1) is 12.6. The van der Waals surface area contributed by atoms with Gasteiger partial charge in [0.2, 0.25) is 0 Å². The van der Waals surface area contributed by atoms with E-state index in [1.54, 1.807) is 4.52 Å². The molecule has 0 amide bonds. The molecule has 110 valence electrons. The monoisotopic (exact) mass is 286 g/mol. The molecule has 2 N–H and O–H groups in total. The standard InChI is InChI=1S/C14H18N6O/c1-10-4-5-15-7-14(10)8-16-13(21-14)19-12-11-3-2-6-20(11)18-9-17-12/h2-3,6,9-10,15H,4-5,7-8H2,1H3,(H,16,17,18,19)/t10-,14+/m0/s1. The van der Waals surface area contributed by atoms with Crippen molar-refractivity contribution in [2.75, 3.05) is 25.0 Å². The predicted octanol–water partition coefficient (Wildman–Crippen LogP) is 0.896. The van der Waals surface area contributed by atoms with Crippen LogP contribution in [0.25, 0.3) is 5.52 Å². The second-order valence-corrected chi connectivity index (χ2v) is 5.73. The van der Waals surface area contributed by atoms with Crippen LogP contribution in [-0.4, -0.2) is 45.9 Å². The van der Waals surface area contributed by atoms with Crippen LogP contribution in [0.15, 0.2) is 29.6 Å². The van der Waals surface area contributed by atoms with Crippen LogP contribution < -0.4 is 10.6 Å². The number of hydrogen-bond donors (Lipinski definition) is 2. The number of amidine groups is 1. The number of anilines is 1. The molecule has 2 aromatic rings. The van der Waals surface area contributed by atoms with Gasteiger partial charge in [0, 0.05) is 18.7 Å². The van der Waals surface area contributed by atoms with Crippen molar-refractivity contribution < 1.29 is 4.74 Å². The second kappa shape index (κ2) is 4.70. The average Bonchev–Trinajstić information content (AvgIpc) is 3.11. The van der Waals surface area contributed by atoms with Gasteiger partial charge in [0.1, 0.15) is 17.4 Å². The summed E-state index contributed by atoms with van der Waals surface area (Å²) in [6, 6.07) is 4.44. The predicted molar refractivity (Wildman–Crippen MR) is 79.4 cm³/mol. The van der Waals surface area contributed by atoms with Gasteiger partial charge in [-0.15, -0.1) is 0 Å². The molecule has 0 bridgehead atoms. The zero-order valence-electron chi connectivity index (χ0n) is 11.9. The minimum Gasteiger partial charge on any atom is -0.455 e. The first-order chi connectivity index (χ1) is 10.3. The number of ether oxygens (including phenoxy) is 1. The molecule has 7 nitrogen and oxygen atoms in total. The Morgan fingerprint density at radius 3 is 3.38 bits per heavy atom. The molecule has 4 rings (SSSR count). The summed E-state index contributed by atoms with van der Waals surface area (Å²) in [6.45, 7) is 4.81. The highest BCUT2D eigenvalue weighted by atomic mass is 16.5. The minimum absolute atomic E-state index is 0.216. The highest BCUT2D eigenvalue weighted by Gasteiger charge is 2.44. The highest BCUT2D eigenvalue weighted by Crippen LogP contribution is 2.32. The zero-order chi connectivity index (χ0) is 14.3. The van der Waals surface area contributed by atoms with Crippen LogP contribution in [-0.2, 0) is 4.74 Å². The molecule has 7 heteroatoms. The van der Waals surface area contributed by atoms with E-state index in [1.165, 1.54) is 6.33 Å². The van der Waals surface area contributed by atoms with Crippen molar-refractivity contribution in [3.63, 3.8) is 0 Å². The smallest absolute Gasteiger partial charge is 0.291 e. The molecule has 1 spiro atoms. The molecule has 0 aliphatic carbocycles. The van der Waals surface area contributed by atoms with Gasteiger partial charge in [-0.05, 0) is 25.1 Å². The van der Waals surface area contributed by atoms with Crippen molar-refractivity contribution in [2.45, 2.75) is 18.9 Å². The maximum Gasteiger partial charge on any atom is 0.291 e. The summed E-state index contributed by atoms with van der Waals surface area (Å²) < 4.78 is 7.91. The molecule has 2 aromatic heterocycles. The fraction of sp³-hybridized carbons (Fsp3) is 0.500. The lowest BCUT2D eigenvalue weighted by Gasteiger charge is -2.38. The number of hydrogen-bond acceptors (Lipinski definition) is 6. The number of rotatable bonds is 1. The summed E-state index contributed by atoms with van der Waals surface area (Å²) in [6.07, 6.45) is 4.51. The molecule has 4 heterocycles. The Labute approximate surface area is 122 Å². The van der Waals surface area contributed by atoms with Crippen LogP contribution >= 0.6 is 0 Å². The molecule has 2 atom stereocenters. The molecule has 0 unspecified atom stereocenters. The normalized spacial score (nSPS) is 28.6. The third-order valence-electron chi connectivity index (χ3n) is 4.43. The maximum absolute atomic E-state index is 6.14. The van der Waals surface area contributed by atoms with Crippen molar-refractivity contribution in [1.82, 2.24) is 19.9 Å². The van der Waals surface area contributed by atoms with E-state index in [9.17, 15) is 0 Å². The fourth-order valence-corrected chi connectivity index (χ4v) is 3.00. The minimum atomic E-state index is -0.216. The molecule has 0 radical (unpaired) electrons. The van der Waals surface area contributed by atoms with Gasteiger partial charge in [-0.1, -0.05) is 6.92 Å². The van der Waals surface area contributed by atoms with Gasteiger partial charge in [0.15, 0.2) is 5.82 Å². The van der Waals surface area contributed by atoms with Crippen LogP contribution in [0.5, 0.6) is 0 Å². The third-order valence-corrected chi connectivity index (χ3v) is 4.43. The van der Waals surface area contributed by atoms with Crippen molar-refractivity contribution >= 4 is 17.4 Å². The van der Waals surface area contributed by atoms with Gasteiger partial charge in [0.05, 0.1) is 6.54 Å². The summed E-state index contributed by atoms with van der Waals surface area (Å²) in [5.74, 6) is 1.20. The highest BCUT2D eigenvalue weighted by molar-refractivity contribution is 5.93. The molecular formula is C14H18N6O. The van der Waals surface area contributed by atoms with Crippen LogP contribution in [0.4, 0.5) is 5.82 Å². The second-order valence-electron chi connectivity index (χ2n) is 5.73. The van der Waals surface area contributed by atoms with Gasteiger partial charge in [0.25, 0.3) is 6.02 Å². The molecule has 1 fully saturated rings. The van der Waals surface area contributed by atoms with Gasteiger partial charge in [-0.3, -0.25) is 5.32 Å². The quantitative estimate of drug-likeness (QED) is 0.814. The number of nitrogens with one attached hydrogen (secondary N) is 2. The Bertz CT molecular complexity index is 696. The van der Waals surface area contributed by atoms with Crippen LogP contribution in [0.2, 0.25) is 0 Å². The Morgan fingerprint density at radius 1 is 1.52 bits per heavy atom. The lowest BCUT2D eigenvalue weighted by molar-refractivity contribution is 0.0108. The first-order valence-corrected chi connectivity index (χ1v) is 7.26. The third kappa shape index (κ3) is 2.04. The fourth-order valence-electron chi connectivity index (χ4n) is 3.00. The number of fused-ring (bicyclic) bond motifs is 1. The van der Waals surface area contributed by atoms with E-state index in [1.807, 2.05) is 18.3 Å². The molecule has 2 aliphatic rings. The lowest BCUT2D eigenvalue weighted by Crippen LogP contribution is -2.54. The maximum atomic E-state index is 6.14. The molecule has 0 saturated carbocycles. The van der Waals surface area contributed by atoms with Gasteiger partial charge in [-0.25, -0.2) is 14.5 Å². The average molecular weight is 286 g/mol. The van der Waals surface area contributed by atoms with Crippen molar-refractivity contribution in [2.24, 2.45) is 10.9 Å². The van der Waals surface area contributed by atoms with E-state index in [-0.39, 0.29) is 5.60 Å². The van der Waals surface area contributed by atoms with Gasteiger partial charge in [-0.2, -0.15) is 5.10 Å². The van der Waals surface area contributed by atoms with Gasteiger partial charge >= 0.3 is 0 Å². The number of aromatic nitrogens is 3. The van der Waals surface area contributed by atoms with Crippen molar-refractivity contribution in [1.29, 1.82) is 0 Å². The Kier molecular flexibility index (Phi) is 2.81. The largest absolute Gasteiger partial charge is 0.455 e. The number of aliphatic imine (C=N–C) groups is 1. The summed E-state index contributed by atoms with van der Waals surface area (Å²) in [7, 11) is 0. The Hall–Kier alpha value is -2.15. The molecule has 21 heavy (non-hydrogen) atoms. The Balaban J connectivity index is 1.55. The molecule has 1 saturated heterocycles. The van der Waals surface area contributed by atoms with Crippen LogP contribution in [0, 0.1) is 5.92 Å². The summed E-state index contributed by atoms with van der Waals surface area (Å²) in [4.78, 5) is 8.80. The molecule has 0 aromatic carbocycles. The van der Waals surface area contributed by atoms with E-state index < -0.39 is 0 Å². The van der Waals surface area contributed by atoms with Crippen molar-refractivity contribution in [3.05, 3.63) is 24.7 Å². The molecule has 2 aliphatic heterocycles. The molecular weight excluding hydrogens is 268 g/mol. The van der Waals surface area contributed by atoms with E-state index in [0.29, 0.717) is 24.3 Å². The number of piperidine rings is 1. The lowest BCUT2D eigenvalue weighted by atomic mass is 9.83. The SMILES string of the molecule is C[C@H]1CCNC[C@@]12CN=C(Nc1ncnn3cccc13)O2. The number of nitrogens with zero attached hydrogens (tertiary/aromatic N) is 4. The zero-order valence-corrected chi connectivity index (χ0v) is 11.9. The van der Waals surface area contributed by atoms with E-state index in [2.05, 4.69) is 32.6 Å². The van der Waals surface area contributed by atoms with E-state index >= 15 is 0 Å². The first-order valence-electron chi connectivity index (χ1n) is 7.26. The van der Waals surface area contributed by atoms with E-state index in [0.717, 1.165) is 25.0 Å². The summed E-state index contributed by atoms with van der Waals surface area (Å²) >= 11 is 0. The Morgan fingerprint density at radius 2 is 2.48 bits per heavy atom. The van der Waals surface area contributed by atoms with Gasteiger partial charge < -0.3 is 10.1 Å². The summed E-state index contributed by atoms with van der Waals surface area (Å²) in [5.41, 5.74) is 0.686. The van der Waals surface area contributed by atoms with Crippen LogP contribution in [0.1, 0.15) is 13.3 Å². The van der Waals surface area contributed by atoms with E-state index in [4.69, 9.17) is 4.74 Å². The van der Waals surface area contributed by atoms with Crippen LogP contribution in [0.3, 0.4) is 0 Å². The topological polar surface area (TPSA) is 75.8 Å².